The average molecular weight is 513 g/mol. The number of aromatic nitrogens is 1. The van der Waals surface area contributed by atoms with Gasteiger partial charge in [-0.25, -0.2) is 9.79 Å². The monoisotopic (exact) mass is 512 g/mol. The molecule has 7 nitrogen and oxygen atoms in total. The number of hydrogen-bond donors (Lipinski definition) is 0. The Hall–Kier alpha value is -3.36. The lowest BCUT2D eigenvalue weighted by Crippen LogP contribution is -2.39. The summed E-state index contributed by atoms with van der Waals surface area (Å²) >= 11 is 7.56. The molecule has 182 valence electrons. The molecule has 2 heterocycles. The first kappa shape index (κ1) is 24.8. The number of carbonyl (C=O) groups is 1. The number of ether oxygens (including phenoxy) is 3. The van der Waals surface area contributed by atoms with E-state index in [2.05, 4.69) is 4.99 Å². The molecule has 0 saturated carbocycles. The largest absolute Gasteiger partial charge is 0.490 e. The van der Waals surface area contributed by atoms with Crippen LogP contribution >= 0.6 is 22.9 Å². The quantitative estimate of drug-likeness (QED) is 0.449. The van der Waals surface area contributed by atoms with E-state index in [1.165, 1.54) is 23.0 Å². The van der Waals surface area contributed by atoms with Gasteiger partial charge in [0.2, 0.25) is 0 Å². The second-order valence-corrected chi connectivity index (χ2v) is 9.08. The van der Waals surface area contributed by atoms with E-state index >= 15 is 0 Å². The van der Waals surface area contributed by atoms with E-state index in [0.29, 0.717) is 50.3 Å². The van der Waals surface area contributed by atoms with E-state index in [1.54, 1.807) is 31.2 Å². The van der Waals surface area contributed by atoms with Gasteiger partial charge in [-0.05, 0) is 56.2 Å². The SMILES string of the molecule is CCOc1ccc(C2C(C(=O)OC)=C(C)N=c3s/c(=C\c4ccccc4Cl)c(=O)n32)cc1OCC. The van der Waals surface area contributed by atoms with E-state index < -0.39 is 12.0 Å². The van der Waals surface area contributed by atoms with Crippen LogP contribution in [0.3, 0.4) is 0 Å². The highest BCUT2D eigenvalue weighted by Crippen LogP contribution is 2.36. The zero-order valence-electron chi connectivity index (χ0n) is 19.8. The number of fused-ring (bicyclic) bond motifs is 1. The van der Waals surface area contributed by atoms with Crippen molar-refractivity contribution in [1.82, 2.24) is 4.57 Å². The Balaban J connectivity index is 1.97. The molecule has 1 aromatic heterocycles. The third-order valence-electron chi connectivity index (χ3n) is 5.50. The van der Waals surface area contributed by atoms with Gasteiger partial charge in [0.25, 0.3) is 5.56 Å². The minimum Gasteiger partial charge on any atom is -0.490 e. The van der Waals surface area contributed by atoms with Crippen molar-refractivity contribution in [2.45, 2.75) is 26.8 Å². The second-order valence-electron chi connectivity index (χ2n) is 7.67. The minimum absolute atomic E-state index is 0.278. The van der Waals surface area contributed by atoms with Crippen LogP contribution < -0.4 is 24.4 Å². The van der Waals surface area contributed by atoms with Gasteiger partial charge >= 0.3 is 5.97 Å². The molecule has 1 aliphatic heterocycles. The number of halogens is 1. The predicted octanol–water partition coefficient (Wildman–Crippen LogP) is 3.86. The number of rotatable bonds is 7. The first-order valence-electron chi connectivity index (χ1n) is 11.1. The van der Waals surface area contributed by atoms with Gasteiger partial charge in [-0.15, -0.1) is 0 Å². The molecule has 1 unspecified atom stereocenters. The molecule has 0 amide bonds. The maximum Gasteiger partial charge on any atom is 0.338 e. The summed E-state index contributed by atoms with van der Waals surface area (Å²) in [6.45, 7) is 6.42. The zero-order chi connectivity index (χ0) is 25.1. The number of allylic oxidation sites excluding steroid dienone is 1. The Kier molecular flexibility index (Phi) is 7.42. The molecule has 0 N–H and O–H groups in total. The van der Waals surface area contributed by atoms with Crippen LogP contribution in [0.1, 0.15) is 37.9 Å². The van der Waals surface area contributed by atoms with Crippen LogP contribution in [0.5, 0.6) is 11.5 Å². The third kappa shape index (κ3) is 4.76. The number of benzene rings is 2. The summed E-state index contributed by atoms with van der Waals surface area (Å²) in [5, 5.41) is 0.536. The summed E-state index contributed by atoms with van der Waals surface area (Å²) in [7, 11) is 1.31. The van der Waals surface area contributed by atoms with Crippen molar-refractivity contribution < 1.29 is 19.0 Å². The molecule has 0 spiro atoms. The van der Waals surface area contributed by atoms with Crippen molar-refractivity contribution in [3.05, 3.63) is 89.6 Å². The number of thiazole rings is 1. The van der Waals surface area contributed by atoms with E-state index in [9.17, 15) is 9.59 Å². The molecule has 3 aromatic rings. The molecule has 0 aliphatic carbocycles. The molecule has 4 rings (SSSR count). The Bertz CT molecular complexity index is 1490. The number of methoxy groups -OCH3 is 1. The molecule has 0 radical (unpaired) electrons. The van der Waals surface area contributed by atoms with Crippen LogP contribution in [-0.2, 0) is 9.53 Å². The van der Waals surface area contributed by atoms with Crippen molar-refractivity contribution in [2.24, 2.45) is 4.99 Å². The fraction of sp³-hybridized carbons (Fsp3) is 0.269. The molecular formula is C26H25ClN2O5S. The first-order chi connectivity index (χ1) is 16.9. The Morgan fingerprint density at radius 1 is 1.14 bits per heavy atom. The Morgan fingerprint density at radius 3 is 2.54 bits per heavy atom. The molecule has 9 heteroatoms. The lowest BCUT2D eigenvalue weighted by Gasteiger charge is -2.25. The Labute approximate surface area is 211 Å². The normalized spacial score (nSPS) is 15.5. The molecular weight excluding hydrogens is 488 g/mol. The molecule has 0 saturated heterocycles. The fourth-order valence-corrected chi connectivity index (χ4v) is 5.21. The van der Waals surface area contributed by atoms with Crippen LogP contribution in [-0.4, -0.2) is 30.9 Å². The van der Waals surface area contributed by atoms with Gasteiger partial charge in [0.15, 0.2) is 16.3 Å². The van der Waals surface area contributed by atoms with Gasteiger partial charge in [0.05, 0.1) is 42.2 Å². The molecule has 0 bridgehead atoms. The van der Waals surface area contributed by atoms with Crippen molar-refractivity contribution in [2.75, 3.05) is 20.3 Å². The van der Waals surface area contributed by atoms with Crippen molar-refractivity contribution >= 4 is 35.0 Å². The Morgan fingerprint density at radius 2 is 1.86 bits per heavy atom. The lowest BCUT2D eigenvalue weighted by molar-refractivity contribution is -0.136. The second kappa shape index (κ2) is 10.5. The zero-order valence-corrected chi connectivity index (χ0v) is 21.4. The predicted molar refractivity (Wildman–Crippen MR) is 136 cm³/mol. The summed E-state index contributed by atoms with van der Waals surface area (Å²) in [6, 6.07) is 11.9. The lowest BCUT2D eigenvalue weighted by atomic mass is 9.95. The van der Waals surface area contributed by atoms with Gasteiger partial charge < -0.3 is 14.2 Å². The highest BCUT2D eigenvalue weighted by Gasteiger charge is 2.33. The third-order valence-corrected chi connectivity index (χ3v) is 6.83. The van der Waals surface area contributed by atoms with Crippen molar-refractivity contribution in [3.8, 4) is 11.5 Å². The van der Waals surface area contributed by atoms with Gasteiger partial charge in [-0.3, -0.25) is 9.36 Å². The molecule has 2 aromatic carbocycles. The first-order valence-corrected chi connectivity index (χ1v) is 12.3. The number of nitrogens with zero attached hydrogens (tertiary/aromatic N) is 2. The van der Waals surface area contributed by atoms with E-state index in [1.807, 2.05) is 38.1 Å². The van der Waals surface area contributed by atoms with Crippen molar-refractivity contribution in [1.29, 1.82) is 0 Å². The smallest absolute Gasteiger partial charge is 0.338 e. The van der Waals surface area contributed by atoms with Crippen LogP contribution in [0, 0.1) is 0 Å². The van der Waals surface area contributed by atoms with Gasteiger partial charge in [0, 0.05) is 5.02 Å². The van der Waals surface area contributed by atoms with Gasteiger partial charge in [0.1, 0.15) is 0 Å². The highest BCUT2D eigenvalue weighted by molar-refractivity contribution is 7.07. The summed E-state index contributed by atoms with van der Waals surface area (Å²) in [5.41, 5.74) is 1.89. The average Bonchev–Trinajstić information content (AvgIpc) is 3.15. The maximum absolute atomic E-state index is 13.7. The van der Waals surface area contributed by atoms with Crippen LogP contribution in [0.25, 0.3) is 6.08 Å². The van der Waals surface area contributed by atoms with Crippen LogP contribution in [0.15, 0.2) is 63.5 Å². The van der Waals surface area contributed by atoms with Crippen molar-refractivity contribution in [3.63, 3.8) is 0 Å². The number of carbonyl (C=O) groups excluding carboxylic acids is 1. The van der Waals surface area contributed by atoms with Gasteiger partial charge in [-0.2, -0.15) is 0 Å². The molecule has 0 fully saturated rings. The number of hydrogen-bond acceptors (Lipinski definition) is 7. The number of esters is 1. The van der Waals surface area contributed by atoms with Gasteiger partial charge in [-0.1, -0.05) is 47.2 Å². The summed E-state index contributed by atoms with van der Waals surface area (Å²) < 4.78 is 18.5. The standard InChI is InChI=1S/C26H25ClN2O5S/c1-5-33-19-12-11-17(13-20(19)34-6-2)23-22(25(31)32-4)15(3)28-26-29(23)24(30)21(35-26)14-16-9-7-8-10-18(16)27/h7-14,23H,5-6H2,1-4H3/b21-14-. The summed E-state index contributed by atoms with van der Waals surface area (Å²) in [5.74, 6) is 0.567. The van der Waals surface area contributed by atoms with Crippen LogP contribution in [0.4, 0.5) is 0 Å². The van der Waals surface area contributed by atoms with Crippen LogP contribution in [0.2, 0.25) is 5.02 Å². The summed E-state index contributed by atoms with van der Waals surface area (Å²) in [6.07, 6.45) is 1.74. The molecule has 1 aliphatic rings. The maximum atomic E-state index is 13.7. The van der Waals surface area contributed by atoms with E-state index in [-0.39, 0.29) is 11.1 Å². The fourth-order valence-electron chi connectivity index (χ4n) is 3.98. The molecule has 35 heavy (non-hydrogen) atoms. The highest BCUT2D eigenvalue weighted by atomic mass is 35.5. The summed E-state index contributed by atoms with van der Waals surface area (Å²) in [4.78, 5) is 31.6. The van der Waals surface area contributed by atoms with E-state index in [4.69, 9.17) is 25.8 Å². The topological polar surface area (TPSA) is 79.1 Å². The minimum atomic E-state index is -0.748. The molecule has 1 atom stereocenters. The van der Waals surface area contributed by atoms with E-state index in [0.717, 1.165) is 5.56 Å².